The van der Waals surface area contributed by atoms with Gasteiger partial charge >= 0.3 is 0 Å². The van der Waals surface area contributed by atoms with E-state index >= 15 is 0 Å². The molecule has 8 heteroatoms. The number of sulfonamides is 1. The Bertz CT molecular complexity index is 956. The van der Waals surface area contributed by atoms with E-state index in [1.54, 1.807) is 42.3 Å². The molecule has 0 spiro atoms. The molecule has 0 saturated heterocycles. The minimum Gasteiger partial charge on any atom is -0.497 e. The fourth-order valence-corrected chi connectivity index (χ4v) is 4.16. The molecule has 1 aliphatic rings. The molecule has 26 heavy (non-hydrogen) atoms. The Morgan fingerprint density at radius 3 is 2.50 bits per heavy atom. The molecule has 0 aliphatic carbocycles. The number of rotatable bonds is 5. The zero-order valence-corrected chi connectivity index (χ0v) is 15.6. The van der Waals surface area contributed by atoms with E-state index in [2.05, 4.69) is 4.72 Å². The number of benzene rings is 2. The monoisotopic (exact) mass is 376 g/mol. The zero-order valence-electron chi connectivity index (χ0n) is 14.8. The first kappa shape index (κ1) is 18.1. The fraction of sp³-hybridized carbons (Fsp3) is 0.278. The van der Waals surface area contributed by atoms with Crippen LogP contribution in [0.5, 0.6) is 11.5 Å². The molecular weight excluding hydrogens is 356 g/mol. The van der Waals surface area contributed by atoms with E-state index in [1.165, 1.54) is 20.3 Å². The molecule has 0 saturated carbocycles. The third kappa shape index (κ3) is 3.32. The van der Waals surface area contributed by atoms with Crippen molar-refractivity contribution < 1.29 is 22.7 Å². The van der Waals surface area contributed by atoms with Gasteiger partial charge in [0.05, 0.1) is 14.2 Å². The van der Waals surface area contributed by atoms with Gasteiger partial charge in [-0.05, 0) is 42.3 Å². The quantitative estimate of drug-likeness (QED) is 0.866. The molecule has 1 N–H and O–H groups in total. The van der Waals surface area contributed by atoms with Crippen molar-refractivity contribution in [3.05, 3.63) is 42.0 Å². The summed E-state index contributed by atoms with van der Waals surface area (Å²) in [7, 11) is 0.713. The summed E-state index contributed by atoms with van der Waals surface area (Å²) in [6.07, 6.45) is 0.986. The van der Waals surface area contributed by atoms with E-state index < -0.39 is 10.0 Å². The first-order valence-electron chi connectivity index (χ1n) is 8.00. The Kier molecular flexibility index (Phi) is 4.78. The van der Waals surface area contributed by atoms with Crippen LogP contribution in [0.2, 0.25) is 0 Å². The average molecular weight is 376 g/mol. The maximum absolute atomic E-state index is 12.8. The number of anilines is 2. The minimum atomic E-state index is -3.88. The molecule has 0 bridgehead atoms. The number of aryl methyl sites for hydroxylation is 1. The van der Waals surface area contributed by atoms with Gasteiger partial charge in [0.2, 0.25) is 5.91 Å². The summed E-state index contributed by atoms with van der Waals surface area (Å²) >= 11 is 0. The van der Waals surface area contributed by atoms with Gasteiger partial charge in [-0.25, -0.2) is 8.42 Å². The molecular formula is C18H20N2O5S. The summed E-state index contributed by atoms with van der Waals surface area (Å²) in [5.41, 5.74) is 2.14. The van der Waals surface area contributed by atoms with Crippen LogP contribution >= 0.6 is 0 Å². The third-order valence-electron chi connectivity index (χ3n) is 4.34. The van der Waals surface area contributed by atoms with Crippen molar-refractivity contribution in [2.45, 2.75) is 17.7 Å². The molecule has 1 aliphatic heterocycles. The molecule has 2 aromatic carbocycles. The van der Waals surface area contributed by atoms with E-state index in [9.17, 15) is 13.2 Å². The number of fused-ring (bicyclic) bond motifs is 1. The van der Waals surface area contributed by atoms with Crippen molar-refractivity contribution in [2.24, 2.45) is 0 Å². The Morgan fingerprint density at radius 1 is 1.04 bits per heavy atom. The van der Waals surface area contributed by atoms with Gasteiger partial charge in [0.15, 0.2) is 0 Å². The number of ether oxygens (including phenoxy) is 2. The highest BCUT2D eigenvalue weighted by molar-refractivity contribution is 7.92. The zero-order chi connectivity index (χ0) is 18.9. The van der Waals surface area contributed by atoms with Crippen molar-refractivity contribution in [3.8, 4) is 11.5 Å². The number of nitrogens with one attached hydrogen (secondary N) is 1. The third-order valence-corrected chi connectivity index (χ3v) is 5.74. The standard InChI is InChI=1S/C18H20N2O5S/c1-20-15-7-5-13(10-12(15)4-9-18(20)21)19-26(22,23)17-11-14(24-2)6-8-16(17)25-3/h5-8,10-11,19H,4,9H2,1-3H3. The van der Waals surface area contributed by atoms with Gasteiger partial charge < -0.3 is 14.4 Å². The lowest BCUT2D eigenvalue weighted by Gasteiger charge is -2.26. The Morgan fingerprint density at radius 2 is 1.81 bits per heavy atom. The average Bonchev–Trinajstić information content (AvgIpc) is 2.64. The summed E-state index contributed by atoms with van der Waals surface area (Å²) in [5, 5.41) is 0. The largest absolute Gasteiger partial charge is 0.497 e. The van der Waals surface area contributed by atoms with Gasteiger partial charge in [0, 0.05) is 30.9 Å². The SMILES string of the molecule is COc1ccc(OC)c(S(=O)(=O)Nc2ccc3c(c2)CCC(=O)N3C)c1. The molecule has 1 heterocycles. The second kappa shape index (κ2) is 6.87. The topological polar surface area (TPSA) is 84.9 Å². The minimum absolute atomic E-state index is 0.00985. The number of methoxy groups -OCH3 is 2. The van der Waals surface area contributed by atoms with Gasteiger partial charge in [-0.2, -0.15) is 0 Å². The second-order valence-electron chi connectivity index (χ2n) is 5.92. The lowest BCUT2D eigenvalue weighted by molar-refractivity contribution is -0.118. The summed E-state index contributed by atoms with van der Waals surface area (Å²) in [4.78, 5) is 13.4. The summed E-state index contributed by atoms with van der Waals surface area (Å²) in [5.74, 6) is 0.685. The van der Waals surface area contributed by atoms with Gasteiger partial charge in [-0.1, -0.05) is 0 Å². The first-order chi connectivity index (χ1) is 12.4. The smallest absolute Gasteiger partial charge is 0.265 e. The number of carbonyl (C=O) groups excluding carboxylic acids is 1. The van der Waals surface area contributed by atoms with Crippen molar-refractivity contribution in [1.82, 2.24) is 0 Å². The number of carbonyl (C=O) groups is 1. The predicted molar refractivity (Wildman–Crippen MR) is 98.5 cm³/mol. The van der Waals surface area contributed by atoms with E-state index in [1.807, 2.05) is 0 Å². The molecule has 0 atom stereocenters. The van der Waals surface area contributed by atoms with Crippen LogP contribution in [0.3, 0.4) is 0 Å². The highest BCUT2D eigenvalue weighted by atomic mass is 32.2. The highest BCUT2D eigenvalue weighted by Crippen LogP contribution is 2.32. The highest BCUT2D eigenvalue weighted by Gasteiger charge is 2.24. The van der Waals surface area contributed by atoms with Crippen LogP contribution in [0.1, 0.15) is 12.0 Å². The van der Waals surface area contributed by atoms with Gasteiger partial charge in [0.1, 0.15) is 16.4 Å². The molecule has 7 nitrogen and oxygen atoms in total. The fourth-order valence-electron chi connectivity index (χ4n) is 2.92. The van der Waals surface area contributed by atoms with Gasteiger partial charge in [0.25, 0.3) is 10.0 Å². The van der Waals surface area contributed by atoms with Crippen LogP contribution in [0.25, 0.3) is 0 Å². The summed E-state index contributed by atoms with van der Waals surface area (Å²) < 4.78 is 38.5. The number of nitrogens with zero attached hydrogens (tertiary/aromatic N) is 1. The maximum Gasteiger partial charge on any atom is 0.265 e. The molecule has 138 valence electrons. The van der Waals surface area contributed by atoms with Crippen molar-refractivity contribution in [1.29, 1.82) is 0 Å². The molecule has 0 fully saturated rings. The Balaban J connectivity index is 1.95. The van der Waals surface area contributed by atoms with Gasteiger partial charge in [-0.15, -0.1) is 0 Å². The molecule has 3 rings (SSSR count). The lowest BCUT2D eigenvalue weighted by Crippen LogP contribution is -2.31. The van der Waals surface area contributed by atoms with Crippen molar-refractivity contribution >= 4 is 27.3 Å². The van der Waals surface area contributed by atoms with Crippen LogP contribution in [0.15, 0.2) is 41.3 Å². The Labute approximate surface area is 152 Å². The van der Waals surface area contributed by atoms with Crippen molar-refractivity contribution in [2.75, 3.05) is 30.9 Å². The van der Waals surface area contributed by atoms with Crippen LogP contribution in [0.4, 0.5) is 11.4 Å². The number of hydrogen-bond acceptors (Lipinski definition) is 5. The predicted octanol–water partition coefficient (Wildman–Crippen LogP) is 2.41. The molecule has 2 aromatic rings. The summed E-state index contributed by atoms with van der Waals surface area (Å²) in [6, 6.07) is 9.71. The number of hydrogen-bond donors (Lipinski definition) is 1. The van der Waals surface area contributed by atoms with E-state index in [0.717, 1.165) is 11.3 Å². The van der Waals surface area contributed by atoms with E-state index in [4.69, 9.17) is 9.47 Å². The van der Waals surface area contributed by atoms with Crippen LogP contribution in [0, 0.1) is 0 Å². The van der Waals surface area contributed by atoms with E-state index in [0.29, 0.717) is 24.3 Å². The van der Waals surface area contributed by atoms with E-state index in [-0.39, 0.29) is 16.6 Å². The van der Waals surface area contributed by atoms with Crippen LogP contribution in [-0.4, -0.2) is 35.6 Å². The maximum atomic E-state index is 12.8. The van der Waals surface area contributed by atoms with Crippen LogP contribution in [-0.2, 0) is 21.2 Å². The molecule has 0 radical (unpaired) electrons. The van der Waals surface area contributed by atoms with Crippen molar-refractivity contribution in [3.63, 3.8) is 0 Å². The Hall–Kier alpha value is -2.74. The molecule has 0 aromatic heterocycles. The summed E-state index contributed by atoms with van der Waals surface area (Å²) in [6.45, 7) is 0. The second-order valence-corrected chi connectivity index (χ2v) is 7.57. The van der Waals surface area contributed by atoms with Crippen LogP contribution < -0.4 is 19.1 Å². The molecule has 0 unspecified atom stereocenters. The van der Waals surface area contributed by atoms with Gasteiger partial charge in [-0.3, -0.25) is 9.52 Å². The molecule has 1 amide bonds. The normalized spacial score (nSPS) is 14.0. The number of amides is 1. The first-order valence-corrected chi connectivity index (χ1v) is 9.48. The lowest BCUT2D eigenvalue weighted by atomic mass is 10.0.